The molecule has 4 nitrogen and oxygen atoms in total. The van der Waals surface area contributed by atoms with Crippen molar-refractivity contribution in [3.63, 3.8) is 0 Å². The molecule has 0 aliphatic carbocycles. The van der Waals surface area contributed by atoms with Crippen LogP contribution < -0.4 is 15.8 Å². The molecule has 0 aliphatic rings. The molecule has 1 rings (SSSR count). The Morgan fingerprint density at radius 2 is 2.00 bits per heavy atom. The van der Waals surface area contributed by atoms with Crippen LogP contribution in [0.5, 0.6) is 5.75 Å². The van der Waals surface area contributed by atoms with E-state index in [1.165, 1.54) is 0 Å². The normalized spacial score (nSPS) is 10.2. The monoisotopic (exact) mass is 222 g/mol. The Morgan fingerprint density at radius 1 is 1.38 bits per heavy atom. The van der Waals surface area contributed by atoms with Gasteiger partial charge in [0.25, 0.3) is 0 Å². The minimum Gasteiger partial charge on any atom is -0.491 e. The lowest BCUT2D eigenvalue weighted by molar-refractivity contribution is -0.119. The lowest BCUT2D eigenvalue weighted by atomic mass is 10.2. The summed E-state index contributed by atoms with van der Waals surface area (Å²) in [7, 11) is 0. The quantitative estimate of drug-likeness (QED) is 0.782. The van der Waals surface area contributed by atoms with E-state index in [1.54, 1.807) is 0 Å². The van der Waals surface area contributed by atoms with Crippen LogP contribution in [-0.4, -0.2) is 18.6 Å². The Hall–Kier alpha value is -1.55. The summed E-state index contributed by atoms with van der Waals surface area (Å²) in [6, 6.07) is 7.64. The molecule has 0 spiro atoms. The molecule has 0 aliphatic heterocycles. The van der Waals surface area contributed by atoms with Crippen LogP contribution in [-0.2, 0) is 11.3 Å². The Labute approximate surface area is 95.8 Å². The summed E-state index contributed by atoms with van der Waals surface area (Å²) in [5, 5.41) is 2.70. The molecule has 0 aromatic heterocycles. The van der Waals surface area contributed by atoms with Gasteiger partial charge in [0.05, 0.1) is 12.6 Å². The van der Waals surface area contributed by atoms with E-state index in [1.807, 2.05) is 38.1 Å². The zero-order valence-corrected chi connectivity index (χ0v) is 9.69. The van der Waals surface area contributed by atoms with Gasteiger partial charge in [-0.15, -0.1) is 0 Å². The van der Waals surface area contributed by atoms with Crippen LogP contribution >= 0.6 is 0 Å². The van der Waals surface area contributed by atoms with Crippen molar-refractivity contribution < 1.29 is 9.53 Å². The van der Waals surface area contributed by atoms with Crippen molar-refractivity contribution >= 4 is 5.91 Å². The topological polar surface area (TPSA) is 64.3 Å². The first-order chi connectivity index (χ1) is 7.61. The van der Waals surface area contributed by atoms with Crippen LogP contribution in [0, 0.1) is 0 Å². The molecule has 0 unspecified atom stereocenters. The molecule has 88 valence electrons. The van der Waals surface area contributed by atoms with Crippen LogP contribution in [0.4, 0.5) is 0 Å². The summed E-state index contributed by atoms with van der Waals surface area (Å²) < 4.78 is 5.51. The van der Waals surface area contributed by atoms with Crippen LogP contribution in [0.1, 0.15) is 19.4 Å². The minimum atomic E-state index is -0.150. The van der Waals surface area contributed by atoms with Gasteiger partial charge in [-0.3, -0.25) is 4.79 Å². The zero-order chi connectivity index (χ0) is 12.0. The van der Waals surface area contributed by atoms with E-state index >= 15 is 0 Å². The van der Waals surface area contributed by atoms with Crippen LogP contribution in [0.25, 0.3) is 0 Å². The fraction of sp³-hybridized carbons (Fsp3) is 0.417. The second-order valence-electron chi connectivity index (χ2n) is 3.79. The first-order valence-corrected chi connectivity index (χ1v) is 5.34. The second kappa shape index (κ2) is 6.12. The lowest BCUT2D eigenvalue weighted by Crippen LogP contribution is -2.29. The third kappa shape index (κ3) is 4.31. The summed E-state index contributed by atoms with van der Waals surface area (Å²) >= 11 is 0. The molecule has 4 heteroatoms. The fourth-order valence-corrected chi connectivity index (χ4v) is 1.23. The van der Waals surface area contributed by atoms with E-state index in [9.17, 15) is 4.79 Å². The highest BCUT2D eigenvalue weighted by molar-refractivity contribution is 5.77. The van der Waals surface area contributed by atoms with Gasteiger partial charge in [-0.25, -0.2) is 0 Å². The number of hydrogen-bond donors (Lipinski definition) is 2. The van der Waals surface area contributed by atoms with Gasteiger partial charge in [-0.05, 0) is 31.5 Å². The van der Waals surface area contributed by atoms with Crippen molar-refractivity contribution in [2.24, 2.45) is 5.73 Å². The first kappa shape index (κ1) is 12.5. The van der Waals surface area contributed by atoms with Gasteiger partial charge in [-0.1, -0.05) is 12.1 Å². The zero-order valence-electron chi connectivity index (χ0n) is 9.69. The maximum atomic E-state index is 10.9. The Kier molecular flexibility index (Phi) is 4.79. The highest BCUT2D eigenvalue weighted by Crippen LogP contribution is 2.13. The number of hydrogen-bond acceptors (Lipinski definition) is 3. The van der Waals surface area contributed by atoms with Gasteiger partial charge in [-0.2, -0.15) is 0 Å². The predicted octanol–water partition coefficient (Wildman–Crippen LogP) is 1.05. The molecule has 1 amide bonds. The van der Waals surface area contributed by atoms with Gasteiger partial charge in [0.15, 0.2) is 0 Å². The molecule has 1 aromatic carbocycles. The summed E-state index contributed by atoms with van der Waals surface area (Å²) in [6.45, 7) is 4.48. The summed E-state index contributed by atoms with van der Waals surface area (Å²) in [6.07, 6.45) is 0.169. The molecule has 1 aromatic rings. The minimum absolute atomic E-state index is 0.0224. The number of carbonyl (C=O) groups excluding carboxylic acids is 1. The van der Waals surface area contributed by atoms with Gasteiger partial charge < -0.3 is 15.8 Å². The fourth-order valence-electron chi connectivity index (χ4n) is 1.23. The van der Waals surface area contributed by atoms with Crippen molar-refractivity contribution in [2.75, 3.05) is 6.54 Å². The number of ether oxygens (including phenoxy) is 1. The molecule has 0 saturated heterocycles. The molecular weight excluding hydrogens is 204 g/mol. The second-order valence-corrected chi connectivity index (χ2v) is 3.79. The number of rotatable bonds is 5. The van der Waals surface area contributed by atoms with E-state index in [-0.39, 0.29) is 18.6 Å². The summed E-state index contributed by atoms with van der Waals surface area (Å²) in [5.41, 5.74) is 6.21. The van der Waals surface area contributed by atoms with Crippen LogP contribution in [0.3, 0.4) is 0 Å². The molecular formula is C12H18N2O2. The smallest absolute Gasteiger partial charge is 0.234 e. The molecule has 0 heterocycles. The largest absolute Gasteiger partial charge is 0.491 e. The third-order valence-electron chi connectivity index (χ3n) is 1.97. The summed E-state index contributed by atoms with van der Waals surface area (Å²) in [4.78, 5) is 10.9. The van der Waals surface area contributed by atoms with Crippen LogP contribution in [0.2, 0.25) is 0 Å². The van der Waals surface area contributed by atoms with Crippen molar-refractivity contribution in [1.82, 2.24) is 5.32 Å². The third-order valence-corrected chi connectivity index (χ3v) is 1.97. The SMILES string of the molecule is CC(C)Oc1ccc(CNC(=O)CN)cc1. The van der Waals surface area contributed by atoms with E-state index in [0.717, 1.165) is 11.3 Å². The van der Waals surface area contributed by atoms with Crippen LogP contribution in [0.15, 0.2) is 24.3 Å². The van der Waals surface area contributed by atoms with Crippen molar-refractivity contribution in [2.45, 2.75) is 26.5 Å². The van der Waals surface area contributed by atoms with E-state index in [2.05, 4.69) is 5.32 Å². The molecule has 0 saturated carbocycles. The molecule has 0 fully saturated rings. The molecule has 0 bridgehead atoms. The molecule has 3 N–H and O–H groups in total. The van der Waals surface area contributed by atoms with Gasteiger partial charge in [0.1, 0.15) is 5.75 Å². The predicted molar refractivity (Wildman–Crippen MR) is 63.1 cm³/mol. The summed E-state index contributed by atoms with van der Waals surface area (Å²) in [5.74, 6) is 0.686. The Balaban J connectivity index is 2.48. The Morgan fingerprint density at radius 3 is 2.50 bits per heavy atom. The van der Waals surface area contributed by atoms with Gasteiger partial charge in [0.2, 0.25) is 5.91 Å². The van der Waals surface area contributed by atoms with Gasteiger partial charge in [0, 0.05) is 6.54 Å². The Bertz CT molecular complexity index is 333. The highest BCUT2D eigenvalue weighted by Gasteiger charge is 2.00. The average molecular weight is 222 g/mol. The van der Waals surface area contributed by atoms with E-state index < -0.39 is 0 Å². The van der Waals surface area contributed by atoms with E-state index in [0.29, 0.717) is 6.54 Å². The standard InChI is InChI=1S/C12H18N2O2/c1-9(2)16-11-5-3-10(4-6-11)8-14-12(15)7-13/h3-6,9H,7-8,13H2,1-2H3,(H,14,15). The van der Waals surface area contributed by atoms with Gasteiger partial charge >= 0.3 is 0 Å². The number of nitrogens with one attached hydrogen (secondary N) is 1. The number of nitrogens with two attached hydrogens (primary N) is 1. The molecule has 16 heavy (non-hydrogen) atoms. The molecule has 0 atom stereocenters. The number of benzene rings is 1. The van der Waals surface area contributed by atoms with Crippen molar-refractivity contribution in [3.8, 4) is 5.75 Å². The first-order valence-electron chi connectivity index (χ1n) is 5.34. The van der Waals surface area contributed by atoms with Crippen molar-refractivity contribution in [1.29, 1.82) is 0 Å². The molecule has 0 radical (unpaired) electrons. The maximum Gasteiger partial charge on any atom is 0.234 e. The number of amides is 1. The lowest BCUT2D eigenvalue weighted by Gasteiger charge is -2.10. The van der Waals surface area contributed by atoms with E-state index in [4.69, 9.17) is 10.5 Å². The number of carbonyl (C=O) groups is 1. The highest BCUT2D eigenvalue weighted by atomic mass is 16.5. The van der Waals surface area contributed by atoms with Crippen molar-refractivity contribution in [3.05, 3.63) is 29.8 Å². The average Bonchev–Trinajstić information content (AvgIpc) is 2.27. The maximum absolute atomic E-state index is 10.9.